The van der Waals surface area contributed by atoms with Gasteiger partial charge in [-0.15, -0.1) is 0 Å². The van der Waals surface area contributed by atoms with Gasteiger partial charge in [-0.1, -0.05) is 19.9 Å². The van der Waals surface area contributed by atoms with Gasteiger partial charge in [0.25, 0.3) is 0 Å². The van der Waals surface area contributed by atoms with E-state index in [1.165, 1.54) is 0 Å². The summed E-state index contributed by atoms with van der Waals surface area (Å²) in [6.45, 7) is 3.39. The second-order valence-corrected chi connectivity index (χ2v) is 7.49. The van der Waals surface area contributed by atoms with E-state index in [0.29, 0.717) is 6.07 Å². The Bertz CT molecular complexity index is 640. The molecule has 0 radical (unpaired) electrons. The Labute approximate surface area is 121 Å². The highest BCUT2D eigenvalue weighted by molar-refractivity contribution is 7.89. The Balaban J connectivity index is 2.25. The first-order chi connectivity index (χ1) is 9.44. The fraction of sp³-hybridized carbons (Fsp3) is 0.538. The summed E-state index contributed by atoms with van der Waals surface area (Å²) < 4.78 is 64.5. The SMILES string of the molecule is CC1(C)C(O)CC1NS(=O)(=O)c1cccc(C(F)(F)F)c1. The smallest absolute Gasteiger partial charge is 0.392 e. The van der Waals surface area contributed by atoms with Gasteiger partial charge in [-0.2, -0.15) is 13.2 Å². The Morgan fingerprint density at radius 3 is 2.43 bits per heavy atom. The minimum absolute atomic E-state index is 0.241. The van der Waals surface area contributed by atoms with Crippen molar-refractivity contribution < 1.29 is 26.7 Å². The Kier molecular flexibility index (Phi) is 3.84. The number of hydrogen-bond acceptors (Lipinski definition) is 3. The van der Waals surface area contributed by atoms with E-state index >= 15 is 0 Å². The minimum atomic E-state index is -4.60. The number of alkyl halides is 3. The van der Waals surface area contributed by atoms with Crippen LogP contribution in [0.1, 0.15) is 25.8 Å². The molecule has 2 N–H and O–H groups in total. The summed E-state index contributed by atoms with van der Waals surface area (Å²) >= 11 is 0. The molecule has 0 spiro atoms. The average Bonchev–Trinajstić information content (AvgIpc) is 2.37. The fourth-order valence-electron chi connectivity index (χ4n) is 2.20. The zero-order valence-electron chi connectivity index (χ0n) is 11.5. The van der Waals surface area contributed by atoms with E-state index in [4.69, 9.17) is 0 Å². The van der Waals surface area contributed by atoms with Crippen LogP contribution in [-0.4, -0.2) is 25.7 Å². The first-order valence-electron chi connectivity index (χ1n) is 6.32. The van der Waals surface area contributed by atoms with E-state index in [-0.39, 0.29) is 6.42 Å². The Hall–Kier alpha value is -1.12. The average molecular weight is 323 g/mol. The molecule has 1 aromatic carbocycles. The molecule has 0 aliphatic heterocycles. The van der Waals surface area contributed by atoms with Crippen molar-refractivity contribution in [3.05, 3.63) is 29.8 Å². The minimum Gasteiger partial charge on any atom is -0.392 e. The van der Waals surface area contributed by atoms with Gasteiger partial charge in [0, 0.05) is 11.5 Å². The number of sulfonamides is 1. The molecule has 1 saturated carbocycles. The molecule has 21 heavy (non-hydrogen) atoms. The lowest BCUT2D eigenvalue weighted by molar-refractivity contribution is -0.137. The molecule has 0 amide bonds. The molecular formula is C13H16F3NO3S. The second kappa shape index (κ2) is 4.96. The highest BCUT2D eigenvalue weighted by Crippen LogP contribution is 2.41. The maximum absolute atomic E-state index is 12.6. The van der Waals surface area contributed by atoms with Crippen molar-refractivity contribution in [2.45, 2.75) is 43.5 Å². The molecule has 118 valence electrons. The largest absolute Gasteiger partial charge is 0.416 e. The quantitative estimate of drug-likeness (QED) is 0.896. The third-order valence-electron chi connectivity index (χ3n) is 3.98. The predicted octanol–water partition coefficient (Wildman–Crippen LogP) is 2.14. The zero-order valence-corrected chi connectivity index (χ0v) is 12.3. The third-order valence-corrected chi connectivity index (χ3v) is 5.45. The van der Waals surface area contributed by atoms with E-state index in [2.05, 4.69) is 4.72 Å². The third kappa shape index (κ3) is 3.07. The van der Waals surface area contributed by atoms with Gasteiger partial charge in [-0.3, -0.25) is 0 Å². The van der Waals surface area contributed by atoms with Crippen molar-refractivity contribution in [2.24, 2.45) is 5.41 Å². The standard InChI is InChI=1S/C13H16F3NO3S/c1-12(2)10(7-11(12)18)17-21(19,20)9-5-3-4-8(6-9)13(14,15)16/h3-6,10-11,17-18H,7H2,1-2H3. The number of nitrogens with one attached hydrogen (secondary N) is 1. The van der Waals surface area contributed by atoms with Crippen LogP contribution in [0, 0.1) is 5.41 Å². The molecule has 0 saturated heterocycles. The van der Waals surface area contributed by atoms with Gasteiger partial charge in [0.2, 0.25) is 10.0 Å². The highest BCUT2D eigenvalue weighted by atomic mass is 32.2. The monoisotopic (exact) mass is 323 g/mol. The number of rotatable bonds is 3. The fourth-order valence-corrected chi connectivity index (χ4v) is 3.65. The van der Waals surface area contributed by atoms with Gasteiger partial charge in [-0.05, 0) is 24.6 Å². The van der Waals surface area contributed by atoms with Crippen LogP contribution in [0.25, 0.3) is 0 Å². The van der Waals surface area contributed by atoms with Crippen LogP contribution in [-0.2, 0) is 16.2 Å². The van der Waals surface area contributed by atoms with Gasteiger partial charge in [0.1, 0.15) is 0 Å². The van der Waals surface area contributed by atoms with Gasteiger partial charge in [0.05, 0.1) is 16.6 Å². The highest BCUT2D eigenvalue weighted by Gasteiger charge is 2.49. The van der Waals surface area contributed by atoms with Crippen molar-refractivity contribution >= 4 is 10.0 Å². The molecule has 0 heterocycles. The maximum atomic E-state index is 12.6. The number of halogens is 3. The lowest BCUT2D eigenvalue weighted by Crippen LogP contribution is -2.61. The van der Waals surface area contributed by atoms with Crippen LogP contribution in [0.4, 0.5) is 13.2 Å². The summed E-state index contributed by atoms with van der Waals surface area (Å²) in [7, 11) is -4.06. The topological polar surface area (TPSA) is 66.4 Å². The lowest BCUT2D eigenvalue weighted by atomic mass is 9.65. The van der Waals surface area contributed by atoms with Gasteiger partial charge in [0.15, 0.2) is 0 Å². The van der Waals surface area contributed by atoms with E-state index in [0.717, 1.165) is 18.2 Å². The Morgan fingerprint density at radius 2 is 1.95 bits per heavy atom. The normalized spacial score (nSPS) is 25.4. The summed E-state index contributed by atoms with van der Waals surface area (Å²) in [5, 5.41) is 9.58. The van der Waals surface area contributed by atoms with E-state index < -0.39 is 44.2 Å². The van der Waals surface area contributed by atoms with Crippen molar-refractivity contribution in [3.8, 4) is 0 Å². The molecule has 8 heteroatoms. The van der Waals surface area contributed by atoms with E-state index in [9.17, 15) is 26.7 Å². The number of hydrogen-bond donors (Lipinski definition) is 2. The van der Waals surface area contributed by atoms with Crippen molar-refractivity contribution in [1.29, 1.82) is 0 Å². The van der Waals surface area contributed by atoms with Crippen molar-refractivity contribution in [1.82, 2.24) is 4.72 Å². The van der Waals surface area contributed by atoms with Crippen LogP contribution in [0.2, 0.25) is 0 Å². The molecule has 2 rings (SSSR count). The summed E-state index contributed by atoms with van der Waals surface area (Å²) in [6, 6.07) is 3.07. The van der Waals surface area contributed by atoms with Crippen LogP contribution < -0.4 is 4.72 Å². The summed E-state index contributed by atoms with van der Waals surface area (Å²) in [5.74, 6) is 0. The van der Waals surface area contributed by atoms with Crippen molar-refractivity contribution in [3.63, 3.8) is 0 Å². The van der Waals surface area contributed by atoms with Crippen LogP contribution in [0.3, 0.4) is 0 Å². The van der Waals surface area contributed by atoms with Crippen LogP contribution >= 0.6 is 0 Å². The molecule has 1 aromatic rings. The van der Waals surface area contributed by atoms with Gasteiger partial charge in [-0.25, -0.2) is 13.1 Å². The van der Waals surface area contributed by atoms with Crippen LogP contribution in [0.5, 0.6) is 0 Å². The lowest BCUT2D eigenvalue weighted by Gasteiger charge is -2.49. The molecule has 4 nitrogen and oxygen atoms in total. The van der Waals surface area contributed by atoms with E-state index in [1.54, 1.807) is 13.8 Å². The zero-order chi connectivity index (χ0) is 16.1. The molecule has 1 aliphatic rings. The molecule has 1 aliphatic carbocycles. The van der Waals surface area contributed by atoms with Gasteiger partial charge >= 0.3 is 6.18 Å². The van der Waals surface area contributed by atoms with Crippen molar-refractivity contribution in [2.75, 3.05) is 0 Å². The number of aliphatic hydroxyl groups is 1. The number of aliphatic hydroxyl groups excluding tert-OH is 1. The molecular weight excluding hydrogens is 307 g/mol. The maximum Gasteiger partial charge on any atom is 0.416 e. The first kappa shape index (κ1) is 16.3. The summed E-state index contributed by atoms with van der Waals surface area (Å²) in [6.07, 6.45) is -4.99. The Morgan fingerprint density at radius 1 is 1.33 bits per heavy atom. The molecule has 2 atom stereocenters. The number of benzene rings is 1. The summed E-state index contributed by atoms with van der Waals surface area (Å²) in [5.41, 5.74) is -1.66. The summed E-state index contributed by atoms with van der Waals surface area (Å²) in [4.78, 5) is -0.436. The molecule has 0 aromatic heterocycles. The molecule has 2 unspecified atom stereocenters. The first-order valence-corrected chi connectivity index (χ1v) is 7.80. The second-order valence-electron chi connectivity index (χ2n) is 5.77. The molecule has 0 bridgehead atoms. The van der Waals surface area contributed by atoms with Crippen LogP contribution in [0.15, 0.2) is 29.2 Å². The molecule has 1 fully saturated rings. The predicted molar refractivity (Wildman–Crippen MR) is 70.0 cm³/mol. The van der Waals surface area contributed by atoms with Gasteiger partial charge < -0.3 is 5.11 Å². The van der Waals surface area contributed by atoms with E-state index in [1.807, 2.05) is 0 Å².